The first kappa shape index (κ1) is 19.7. The smallest absolute Gasteiger partial charge is 0.341 e. The van der Waals surface area contributed by atoms with Crippen LogP contribution in [0.25, 0.3) is 15.7 Å². The van der Waals surface area contributed by atoms with Crippen LogP contribution in [-0.4, -0.2) is 22.8 Å². The van der Waals surface area contributed by atoms with E-state index in [1.807, 2.05) is 31.4 Å². The Labute approximate surface area is 177 Å². The molecule has 1 aromatic carbocycles. The third kappa shape index (κ3) is 3.15. The molecular weight excluding hydrogens is 406 g/mol. The number of ether oxygens (including phenoxy) is 1. The Morgan fingerprint density at radius 3 is 2.45 bits per heavy atom. The summed E-state index contributed by atoms with van der Waals surface area (Å²) in [6.07, 6.45) is 2.00. The highest BCUT2D eigenvalue weighted by molar-refractivity contribution is 7.21. The van der Waals surface area contributed by atoms with Crippen LogP contribution >= 0.6 is 22.9 Å². The third-order valence-corrected chi connectivity index (χ3v) is 6.55. The summed E-state index contributed by atoms with van der Waals surface area (Å²) in [4.78, 5) is 26.6. The molecule has 0 spiro atoms. The average Bonchev–Trinajstić information content (AvgIpc) is 3.17. The molecule has 4 nitrogen and oxygen atoms in total. The Bertz CT molecular complexity index is 1280. The number of thiophene rings is 1. The first-order valence-electron chi connectivity index (χ1n) is 9.35. The van der Waals surface area contributed by atoms with Crippen LogP contribution in [-0.2, 0) is 4.74 Å². The number of ketones is 1. The van der Waals surface area contributed by atoms with Gasteiger partial charge in [0, 0.05) is 16.8 Å². The molecule has 0 saturated carbocycles. The Morgan fingerprint density at radius 2 is 1.79 bits per heavy atom. The molecule has 148 valence electrons. The standard InChI is InChI=1S/C23H20ClNO3S/c1-5-28-23(27)17-18-13(3)10-12(2)11-25(18)19-14(4)21(29-22(17)19)20(26)15-6-8-16(24)9-7-15/h6-11H,5H2,1-4H3. The Balaban J connectivity index is 2.02. The number of pyridine rings is 1. The highest BCUT2D eigenvalue weighted by Gasteiger charge is 2.27. The van der Waals surface area contributed by atoms with E-state index in [0.29, 0.717) is 27.6 Å². The number of nitrogens with zero attached hydrogens (tertiary/aromatic N) is 1. The van der Waals surface area contributed by atoms with Gasteiger partial charge in [-0.3, -0.25) is 4.79 Å². The van der Waals surface area contributed by atoms with Gasteiger partial charge >= 0.3 is 5.97 Å². The van der Waals surface area contributed by atoms with Gasteiger partial charge < -0.3 is 9.14 Å². The van der Waals surface area contributed by atoms with E-state index >= 15 is 0 Å². The highest BCUT2D eigenvalue weighted by atomic mass is 35.5. The second-order valence-electron chi connectivity index (χ2n) is 7.08. The topological polar surface area (TPSA) is 47.8 Å². The van der Waals surface area contributed by atoms with Gasteiger partial charge in [-0.05, 0) is 68.7 Å². The number of esters is 1. The molecule has 4 rings (SSSR count). The molecule has 0 fully saturated rings. The van der Waals surface area contributed by atoms with Gasteiger partial charge in [-0.15, -0.1) is 11.3 Å². The SMILES string of the molecule is CCOC(=O)c1c2sc(C(=O)c3ccc(Cl)cc3)c(C)c2n2cc(C)cc(C)c12. The normalized spacial score (nSPS) is 11.3. The van der Waals surface area contributed by atoms with Crippen LogP contribution in [0.15, 0.2) is 36.5 Å². The molecule has 0 atom stereocenters. The third-order valence-electron chi connectivity index (χ3n) is 5.00. The predicted octanol–water partition coefficient (Wildman–Crippen LogP) is 6.14. The van der Waals surface area contributed by atoms with Crippen molar-refractivity contribution in [2.75, 3.05) is 6.61 Å². The maximum Gasteiger partial charge on any atom is 0.341 e. The molecule has 0 N–H and O–H groups in total. The monoisotopic (exact) mass is 425 g/mol. The number of hydrogen-bond donors (Lipinski definition) is 0. The molecular formula is C23H20ClNO3S. The number of aromatic nitrogens is 1. The summed E-state index contributed by atoms with van der Waals surface area (Å²) in [5.41, 5.74) is 5.77. The second-order valence-corrected chi connectivity index (χ2v) is 8.54. The molecule has 0 amide bonds. The molecule has 0 saturated heterocycles. The fourth-order valence-electron chi connectivity index (χ4n) is 3.81. The first-order chi connectivity index (χ1) is 13.8. The Hall–Kier alpha value is -2.63. The van der Waals surface area contributed by atoms with Crippen LogP contribution in [0, 0.1) is 20.8 Å². The summed E-state index contributed by atoms with van der Waals surface area (Å²) >= 11 is 7.31. The molecule has 0 aliphatic rings. The molecule has 3 heterocycles. The van der Waals surface area contributed by atoms with E-state index in [1.165, 1.54) is 11.3 Å². The van der Waals surface area contributed by atoms with Crippen molar-refractivity contribution in [3.63, 3.8) is 0 Å². The van der Waals surface area contributed by atoms with E-state index in [0.717, 1.165) is 32.4 Å². The Kier molecular flexibility index (Phi) is 4.97. The fourth-order valence-corrected chi connectivity index (χ4v) is 5.23. The van der Waals surface area contributed by atoms with E-state index in [4.69, 9.17) is 16.3 Å². The van der Waals surface area contributed by atoms with Crippen LogP contribution < -0.4 is 0 Å². The molecule has 4 aromatic rings. The van der Waals surface area contributed by atoms with E-state index < -0.39 is 0 Å². The van der Waals surface area contributed by atoms with Gasteiger partial charge in [0.05, 0.1) is 27.2 Å². The van der Waals surface area contributed by atoms with Crippen molar-refractivity contribution >= 4 is 50.4 Å². The number of benzene rings is 1. The molecule has 0 bridgehead atoms. The van der Waals surface area contributed by atoms with Gasteiger partial charge in [-0.1, -0.05) is 17.7 Å². The van der Waals surface area contributed by atoms with Crippen molar-refractivity contribution in [1.82, 2.24) is 4.40 Å². The van der Waals surface area contributed by atoms with Crippen molar-refractivity contribution < 1.29 is 14.3 Å². The zero-order valence-electron chi connectivity index (χ0n) is 16.6. The summed E-state index contributed by atoms with van der Waals surface area (Å²) in [6, 6.07) is 8.91. The van der Waals surface area contributed by atoms with Gasteiger partial charge in [0.1, 0.15) is 5.56 Å². The molecule has 0 unspecified atom stereocenters. The van der Waals surface area contributed by atoms with Crippen LogP contribution in [0.1, 0.15) is 49.2 Å². The zero-order valence-corrected chi connectivity index (χ0v) is 18.2. The van der Waals surface area contributed by atoms with Gasteiger partial charge in [0.15, 0.2) is 0 Å². The van der Waals surface area contributed by atoms with Crippen molar-refractivity contribution in [1.29, 1.82) is 0 Å². The highest BCUT2D eigenvalue weighted by Crippen LogP contribution is 2.40. The first-order valence-corrected chi connectivity index (χ1v) is 10.5. The summed E-state index contributed by atoms with van der Waals surface area (Å²) in [6.45, 7) is 8.03. The van der Waals surface area contributed by atoms with Crippen molar-refractivity contribution in [3.8, 4) is 0 Å². The van der Waals surface area contributed by atoms with Crippen LogP contribution in [0.3, 0.4) is 0 Å². The largest absolute Gasteiger partial charge is 0.462 e. The number of halogens is 1. The maximum atomic E-state index is 13.2. The number of carbonyl (C=O) groups excluding carboxylic acids is 2. The summed E-state index contributed by atoms with van der Waals surface area (Å²) in [5, 5.41) is 0.584. The van der Waals surface area contributed by atoms with E-state index in [-0.39, 0.29) is 11.8 Å². The summed E-state index contributed by atoms with van der Waals surface area (Å²) in [7, 11) is 0. The molecule has 0 aliphatic carbocycles. The van der Waals surface area contributed by atoms with Gasteiger partial charge in [0.25, 0.3) is 0 Å². The number of carbonyl (C=O) groups is 2. The molecule has 3 aromatic heterocycles. The zero-order chi connectivity index (χ0) is 20.9. The molecule has 29 heavy (non-hydrogen) atoms. The number of aryl methyl sites for hydroxylation is 3. The molecule has 0 radical (unpaired) electrons. The van der Waals surface area contributed by atoms with E-state index in [9.17, 15) is 9.59 Å². The Morgan fingerprint density at radius 1 is 1.10 bits per heavy atom. The quantitative estimate of drug-likeness (QED) is 0.291. The summed E-state index contributed by atoms with van der Waals surface area (Å²) < 4.78 is 8.16. The minimum absolute atomic E-state index is 0.0756. The van der Waals surface area contributed by atoms with Crippen molar-refractivity contribution in [2.45, 2.75) is 27.7 Å². The maximum absolute atomic E-state index is 13.2. The summed E-state index contributed by atoms with van der Waals surface area (Å²) in [5.74, 6) is -0.438. The van der Waals surface area contributed by atoms with E-state index in [1.54, 1.807) is 31.2 Å². The van der Waals surface area contributed by atoms with E-state index in [2.05, 4.69) is 6.07 Å². The van der Waals surface area contributed by atoms with Crippen molar-refractivity contribution in [2.24, 2.45) is 0 Å². The van der Waals surface area contributed by atoms with Gasteiger partial charge in [0.2, 0.25) is 5.78 Å². The predicted molar refractivity (Wildman–Crippen MR) is 118 cm³/mol. The average molecular weight is 426 g/mol. The van der Waals surface area contributed by atoms with Crippen LogP contribution in [0.2, 0.25) is 5.02 Å². The van der Waals surface area contributed by atoms with Gasteiger partial charge in [-0.25, -0.2) is 4.79 Å². The lowest BCUT2D eigenvalue weighted by Gasteiger charge is -2.07. The number of rotatable bonds is 4. The molecule has 0 aliphatic heterocycles. The minimum atomic E-state index is -0.362. The lowest BCUT2D eigenvalue weighted by atomic mass is 10.1. The fraction of sp³-hybridized carbons (Fsp3) is 0.217. The number of hydrogen-bond acceptors (Lipinski definition) is 4. The minimum Gasteiger partial charge on any atom is -0.462 e. The lowest BCUT2D eigenvalue weighted by Crippen LogP contribution is -2.05. The molecule has 6 heteroatoms. The van der Waals surface area contributed by atoms with Crippen molar-refractivity contribution in [3.05, 3.63) is 74.2 Å². The van der Waals surface area contributed by atoms with Gasteiger partial charge in [-0.2, -0.15) is 0 Å². The lowest BCUT2D eigenvalue weighted by molar-refractivity contribution is 0.0531. The second kappa shape index (κ2) is 7.32. The number of fused-ring (bicyclic) bond motifs is 3. The van der Waals surface area contributed by atoms with Crippen LogP contribution in [0.5, 0.6) is 0 Å². The van der Waals surface area contributed by atoms with Crippen LogP contribution in [0.4, 0.5) is 0 Å².